The molecule has 0 radical (unpaired) electrons. The van der Waals surface area contributed by atoms with Gasteiger partial charge in [-0.25, -0.2) is 0 Å². The van der Waals surface area contributed by atoms with E-state index in [1.54, 1.807) is 20.2 Å². The fourth-order valence-electron chi connectivity index (χ4n) is 7.55. The van der Waals surface area contributed by atoms with Crippen LogP contribution in [0.2, 0.25) is 20.7 Å². The Labute approximate surface area is 237 Å². The van der Waals surface area contributed by atoms with E-state index in [2.05, 4.69) is 138 Å². The molecule has 0 bridgehead atoms. The summed E-state index contributed by atoms with van der Waals surface area (Å²) in [5, 5.41) is 12.5. The van der Waals surface area contributed by atoms with Gasteiger partial charge in [-0.1, -0.05) is 0 Å². The maximum absolute atomic E-state index is 2.66. The van der Waals surface area contributed by atoms with Crippen LogP contribution in [0.3, 0.4) is 0 Å². The minimum atomic E-state index is -2.64. The van der Waals surface area contributed by atoms with Crippen molar-refractivity contribution in [1.29, 1.82) is 0 Å². The van der Waals surface area contributed by atoms with Crippen LogP contribution in [0, 0.1) is 13.8 Å². The molecule has 3 aromatic carbocycles. The molecule has 4 rings (SSSR count). The molecule has 1 atom stereocenters. The summed E-state index contributed by atoms with van der Waals surface area (Å²) in [5.74, 6) is 0. The standard InChI is InChI=1S/C33H39Si.3CH3.Ti/c1-9-28-19-29(10-2)21-32(20-28)34(30-15-11-23(3)12-16-30,31-17-13-24(4)14-18-31)33(8)22-25(5)26(6)27(33)7;;;;/h11-21H,9-10H2,1-8H3;3*1H3;. The van der Waals surface area contributed by atoms with Gasteiger partial charge in [-0.15, -0.1) is 0 Å². The Hall–Kier alpha value is -1.93. The van der Waals surface area contributed by atoms with Crippen molar-refractivity contribution in [2.45, 2.75) is 89.0 Å². The van der Waals surface area contributed by atoms with Crippen LogP contribution in [-0.4, -0.2) is 8.07 Å². The first-order chi connectivity index (χ1) is 17.8. The van der Waals surface area contributed by atoms with Crippen molar-refractivity contribution in [3.8, 4) is 0 Å². The van der Waals surface area contributed by atoms with Gasteiger partial charge in [-0.05, 0) is 0 Å². The summed E-state index contributed by atoms with van der Waals surface area (Å²) < 4.78 is 1.81. The van der Waals surface area contributed by atoms with E-state index >= 15 is 0 Å². The molecule has 1 unspecified atom stereocenters. The Morgan fingerprint density at radius 1 is 0.605 bits per heavy atom. The van der Waals surface area contributed by atoms with Crippen molar-refractivity contribution in [2.75, 3.05) is 0 Å². The summed E-state index contributed by atoms with van der Waals surface area (Å²) in [6.45, 7) is 19.0. The summed E-state index contributed by atoms with van der Waals surface area (Å²) in [7, 11) is -2.64. The molecule has 0 heterocycles. The average molecular weight is 557 g/mol. The normalized spacial score (nSPS) is 18.5. The predicted molar refractivity (Wildman–Crippen MR) is 169 cm³/mol. The Kier molecular flexibility index (Phi) is 8.08. The second-order valence-corrected chi connectivity index (χ2v) is 24.9. The molecule has 0 saturated carbocycles. The van der Waals surface area contributed by atoms with Crippen LogP contribution in [0.5, 0.6) is 0 Å². The van der Waals surface area contributed by atoms with Gasteiger partial charge in [0.15, 0.2) is 0 Å². The monoisotopic (exact) mass is 556 g/mol. The predicted octanol–water partition coefficient (Wildman–Crippen LogP) is 8.58. The van der Waals surface area contributed by atoms with E-state index < -0.39 is 24.7 Å². The van der Waals surface area contributed by atoms with Crippen LogP contribution in [0.1, 0.15) is 63.8 Å². The van der Waals surface area contributed by atoms with Gasteiger partial charge < -0.3 is 0 Å². The van der Waals surface area contributed by atoms with Crippen molar-refractivity contribution in [2.24, 2.45) is 0 Å². The molecule has 3 aromatic rings. The number of aryl methyl sites for hydroxylation is 4. The quantitative estimate of drug-likeness (QED) is 0.202. The summed E-state index contributed by atoms with van der Waals surface area (Å²) >= 11 is -2.32. The summed E-state index contributed by atoms with van der Waals surface area (Å²) in [6, 6.07) is 27.0. The second-order valence-electron chi connectivity index (χ2n) is 12.9. The van der Waals surface area contributed by atoms with Crippen molar-refractivity contribution < 1.29 is 16.6 Å². The van der Waals surface area contributed by atoms with E-state index in [-0.39, 0.29) is 5.04 Å². The zero-order valence-electron chi connectivity index (χ0n) is 25.8. The van der Waals surface area contributed by atoms with Gasteiger partial charge in [-0.3, -0.25) is 0 Å². The van der Waals surface area contributed by atoms with Crippen LogP contribution in [0.25, 0.3) is 0 Å². The molecule has 0 N–H and O–H groups in total. The molecule has 0 saturated heterocycles. The fraction of sp³-hybridized carbons (Fsp3) is 0.389. The van der Waals surface area contributed by atoms with Crippen LogP contribution in [-0.2, 0) is 29.4 Å². The van der Waals surface area contributed by atoms with E-state index in [4.69, 9.17) is 0 Å². The third-order valence-electron chi connectivity index (χ3n) is 9.52. The van der Waals surface area contributed by atoms with E-state index in [0.717, 1.165) is 12.8 Å². The summed E-state index contributed by atoms with van der Waals surface area (Å²) in [6.07, 6.45) is 2.13. The van der Waals surface area contributed by atoms with Crippen molar-refractivity contribution in [3.05, 3.63) is 110 Å². The Bertz CT molecular complexity index is 1330. The van der Waals surface area contributed by atoms with Gasteiger partial charge in [0.2, 0.25) is 0 Å². The molecular weight excluding hydrogens is 508 g/mol. The van der Waals surface area contributed by atoms with Gasteiger partial charge in [0.25, 0.3) is 0 Å². The summed E-state index contributed by atoms with van der Waals surface area (Å²) in [4.78, 5) is 0. The van der Waals surface area contributed by atoms with E-state index in [1.807, 2.05) is 0 Å². The zero-order chi connectivity index (χ0) is 28.0. The third kappa shape index (κ3) is 4.49. The molecule has 200 valence electrons. The molecular formula is C36H48SiTi. The van der Waals surface area contributed by atoms with Crippen molar-refractivity contribution >= 4 is 23.6 Å². The van der Waals surface area contributed by atoms with E-state index in [1.165, 1.54) is 38.2 Å². The molecule has 38 heavy (non-hydrogen) atoms. The Balaban J connectivity index is 2.32. The Morgan fingerprint density at radius 2 is 1.03 bits per heavy atom. The number of rotatable bonds is 7. The topological polar surface area (TPSA) is 0 Å². The Morgan fingerprint density at radius 3 is 1.39 bits per heavy atom. The van der Waals surface area contributed by atoms with Gasteiger partial charge in [0, 0.05) is 0 Å². The molecule has 0 spiro atoms. The molecule has 0 aliphatic heterocycles. The first-order valence-corrected chi connectivity index (χ1v) is 22.0. The van der Waals surface area contributed by atoms with Crippen LogP contribution >= 0.6 is 0 Å². The van der Waals surface area contributed by atoms with Gasteiger partial charge in [-0.2, -0.15) is 0 Å². The molecule has 0 amide bonds. The molecule has 0 fully saturated rings. The molecule has 2 heteroatoms. The zero-order valence-corrected chi connectivity index (χ0v) is 28.3. The number of allylic oxidation sites excluding steroid dienone is 4. The average Bonchev–Trinajstić information content (AvgIpc) is 3.06. The second kappa shape index (κ2) is 10.6. The SMILES string of the molecule is CCc1cc(CC)cc([Si](c2ccc(C)cc2)(c2ccc(C)cc2)C2(C)C(C)=C(C)C(C)=[C]2[Ti]([CH3])([CH3])[CH3])c1. The first-order valence-electron chi connectivity index (χ1n) is 14.5. The maximum atomic E-state index is 2.66. The first kappa shape index (κ1) is 29.1. The number of benzene rings is 3. The van der Waals surface area contributed by atoms with Crippen LogP contribution < -0.4 is 15.6 Å². The van der Waals surface area contributed by atoms with E-state index in [9.17, 15) is 0 Å². The summed E-state index contributed by atoms with van der Waals surface area (Å²) in [5.41, 5.74) is 10.3. The fourth-order valence-corrected chi connectivity index (χ4v) is 20.8. The molecule has 0 aromatic heterocycles. The van der Waals surface area contributed by atoms with Gasteiger partial charge in [0.05, 0.1) is 0 Å². The number of hydrogen-bond donors (Lipinski definition) is 0. The van der Waals surface area contributed by atoms with Crippen LogP contribution in [0.15, 0.2) is 87.3 Å². The van der Waals surface area contributed by atoms with Gasteiger partial charge >= 0.3 is 239 Å². The van der Waals surface area contributed by atoms with Crippen molar-refractivity contribution in [3.63, 3.8) is 0 Å². The molecule has 0 nitrogen and oxygen atoms in total. The van der Waals surface area contributed by atoms with Crippen LogP contribution in [0.4, 0.5) is 0 Å². The molecule has 1 aliphatic rings. The van der Waals surface area contributed by atoms with Gasteiger partial charge in [0.1, 0.15) is 0 Å². The number of hydrogen-bond acceptors (Lipinski definition) is 0. The minimum absolute atomic E-state index is 0.0265. The third-order valence-corrected chi connectivity index (χ3v) is 19.3. The van der Waals surface area contributed by atoms with Crippen molar-refractivity contribution in [1.82, 2.24) is 0 Å². The molecule has 1 aliphatic carbocycles. The van der Waals surface area contributed by atoms with E-state index in [0.29, 0.717) is 0 Å².